The molecule has 1 N–H and O–H groups in total. The monoisotopic (exact) mass is 277 g/mol. The summed E-state index contributed by atoms with van der Waals surface area (Å²) in [5.74, 6) is -0.214. The van der Waals surface area contributed by atoms with Crippen LogP contribution in [0.3, 0.4) is 0 Å². The van der Waals surface area contributed by atoms with E-state index in [2.05, 4.69) is 12.2 Å². The number of halogens is 2. The van der Waals surface area contributed by atoms with Crippen molar-refractivity contribution < 1.29 is 4.39 Å². The largest absolute Gasteiger partial charge is 0.377 e. The number of para-hydroxylation sites is 1. The SMILES string of the molecule is CCC(Nc1c(C)cccc1Cl)c1cccc(F)c1. The lowest BCUT2D eigenvalue weighted by atomic mass is 10.0. The molecular formula is C16H17ClFN. The Morgan fingerprint density at radius 2 is 1.95 bits per heavy atom. The van der Waals surface area contributed by atoms with E-state index in [1.54, 1.807) is 12.1 Å². The highest BCUT2D eigenvalue weighted by Gasteiger charge is 2.12. The topological polar surface area (TPSA) is 12.0 Å². The summed E-state index contributed by atoms with van der Waals surface area (Å²) in [6.07, 6.45) is 0.855. The molecule has 1 nitrogen and oxygen atoms in total. The third-order valence-corrected chi connectivity index (χ3v) is 3.51. The van der Waals surface area contributed by atoms with E-state index in [0.29, 0.717) is 5.02 Å². The number of benzene rings is 2. The van der Waals surface area contributed by atoms with Gasteiger partial charge in [-0.2, -0.15) is 0 Å². The average molecular weight is 278 g/mol. The van der Waals surface area contributed by atoms with Crippen LogP contribution in [0.4, 0.5) is 10.1 Å². The lowest BCUT2D eigenvalue weighted by molar-refractivity contribution is 0.621. The van der Waals surface area contributed by atoms with Gasteiger partial charge in [0.25, 0.3) is 0 Å². The molecule has 19 heavy (non-hydrogen) atoms. The Morgan fingerprint density at radius 1 is 1.21 bits per heavy atom. The van der Waals surface area contributed by atoms with E-state index >= 15 is 0 Å². The average Bonchev–Trinajstić information content (AvgIpc) is 2.38. The summed E-state index contributed by atoms with van der Waals surface area (Å²) < 4.78 is 13.3. The summed E-state index contributed by atoms with van der Waals surface area (Å²) in [7, 11) is 0. The molecule has 2 rings (SSSR count). The summed E-state index contributed by atoms with van der Waals surface area (Å²) in [6, 6.07) is 12.5. The van der Waals surface area contributed by atoms with E-state index in [1.165, 1.54) is 6.07 Å². The lowest BCUT2D eigenvalue weighted by Gasteiger charge is -2.21. The van der Waals surface area contributed by atoms with Crippen LogP contribution in [-0.2, 0) is 0 Å². The van der Waals surface area contributed by atoms with Gasteiger partial charge in [0.1, 0.15) is 5.82 Å². The minimum atomic E-state index is -0.214. The van der Waals surface area contributed by atoms with Crippen molar-refractivity contribution >= 4 is 17.3 Å². The normalized spacial score (nSPS) is 12.2. The standard InChI is InChI=1S/C16H17ClFN/c1-3-15(12-7-5-8-13(18)10-12)19-16-11(2)6-4-9-14(16)17/h4-10,15,19H,3H2,1-2H3. The molecule has 0 saturated heterocycles. The highest BCUT2D eigenvalue weighted by Crippen LogP contribution is 2.30. The Labute approximate surface area is 118 Å². The molecule has 0 spiro atoms. The molecule has 0 aromatic heterocycles. The van der Waals surface area contributed by atoms with Crippen LogP contribution in [-0.4, -0.2) is 0 Å². The Kier molecular flexibility index (Phi) is 4.43. The van der Waals surface area contributed by atoms with Crippen molar-refractivity contribution in [3.05, 3.63) is 64.4 Å². The second-order valence-corrected chi connectivity index (χ2v) is 5.00. The van der Waals surface area contributed by atoms with Crippen LogP contribution in [0.2, 0.25) is 5.02 Å². The van der Waals surface area contributed by atoms with Crippen molar-refractivity contribution in [2.75, 3.05) is 5.32 Å². The lowest BCUT2D eigenvalue weighted by Crippen LogP contribution is -2.11. The van der Waals surface area contributed by atoms with Gasteiger partial charge in [0.05, 0.1) is 16.8 Å². The molecule has 2 aromatic carbocycles. The zero-order valence-electron chi connectivity index (χ0n) is 11.1. The highest BCUT2D eigenvalue weighted by atomic mass is 35.5. The van der Waals surface area contributed by atoms with Crippen molar-refractivity contribution in [3.63, 3.8) is 0 Å². The Balaban J connectivity index is 2.29. The van der Waals surface area contributed by atoms with E-state index in [1.807, 2.05) is 31.2 Å². The van der Waals surface area contributed by atoms with Crippen LogP contribution in [0.15, 0.2) is 42.5 Å². The van der Waals surface area contributed by atoms with Gasteiger partial charge in [0, 0.05) is 0 Å². The van der Waals surface area contributed by atoms with E-state index in [4.69, 9.17) is 11.6 Å². The maximum atomic E-state index is 13.3. The maximum absolute atomic E-state index is 13.3. The van der Waals surface area contributed by atoms with Gasteiger partial charge < -0.3 is 5.32 Å². The number of hydrogen-bond donors (Lipinski definition) is 1. The van der Waals surface area contributed by atoms with Crippen LogP contribution < -0.4 is 5.32 Å². The fourth-order valence-corrected chi connectivity index (χ4v) is 2.41. The van der Waals surface area contributed by atoms with Crippen LogP contribution in [0.5, 0.6) is 0 Å². The number of hydrogen-bond acceptors (Lipinski definition) is 1. The second-order valence-electron chi connectivity index (χ2n) is 4.59. The molecule has 1 atom stereocenters. The Bertz CT molecular complexity index is 548. The summed E-state index contributed by atoms with van der Waals surface area (Å²) >= 11 is 6.21. The summed E-state index contributed by atoms with van der Waals surface area (Å²) in [4.78, 5) is 0. The predicted octanol–water partition coefficient (Wildman–Crippen LogP) is 5.35. The van der Waals surface area contributed by atoms with Crippen molar-refractivity contribution in [3.8, 4) is 0 Å². The molecule has 0 bridgehead atoms. The number of nitrogens with one attached hydrogen (secondary N) is 1. The summed E-state index contributed by atoms with van der Waals surface area (Å²) in [5, 5.41) is 4.10. The molecule has 3 heteroatoms. The van der Waals surface area contributed by atoms with Gasteiger partial charge in [0.2, 0.25) is 0 Å². The summed E-state index contributed by atoms with van der Waals surface area (Å²) in [5.41, 5.74) is 2.93. The van der Waals surface area contributed by atoms with Gasteiger partial charge in [-0.15, -0.1) is 0 Å². The van der Waals surface area contributed by atoms with Crippen LogP contribution in [0, 0.1) is 12.7 Å². The molecule has 0 amide bonds. The first-order valence-electron chi connectivity index (χ1n) is 6.39. The van der Waals surface area contributed by atoms with Gasteiger partial charge in [-0.1, -0.05) is 42.8 Å². The van der Waals surface area contributed by atoms with Crippen molar-refractivity contribution in [1.82, 2.24) is 0 Å². The van der Waals surface area contributed by atoms with Crippen LogP contribution in [0.25, 0.3) is 0 Å². The van der Waals surface area contributed by atoms with Crippen molar-refractivity contribution in [2.45, 2.75) is 26.3 Å². The number of rotatable bonds is 4. The minimum absolute atomic E-state index is 0.0503. The third kappa shape index (κ3) is 3.27. The molecule has 0 saturated carbocycles. The van der Waals surface area contributed by atoms with Gasteiger partial charge >= 0.3 is 0 Å². The van der Waals surface area contributed by atoms with E-state index in [9.17, 15) is 4.39 Å². The Morgan fingerprint density at radius 3 is 2.58 bits per heavy atom. The molecule has 1 unspecified atom stereocenters. The van der Waals surface area contributed by atoms with Crippen molar-refractivity contribution in [1.29, 1.82) is 0 Å². The van der Waals surface area contributed by atoms with Gasteiger partial charge in [0.15, 0.2) is 0 Å². The number of aryl methyl sites for hydroxylation is 1. The zero-order chi connectivity index (χ0) is 13.8. The zero-order valence-corrected chi connectivity index (χ0v) is 11.8. The van der Waals surface area contributed by atoms with E-state index in [0.717, 1.165) is 23.2 Å². The first-order valence-corrected chi connectivity index (χ1v) is 6.76. The second kappa shape index (κ2) is 6.07. The summed E-state index contributed by atoms with van der Waals surface area (Å²) in [6.45, 7) is 4.07. The molecule has 0 fully saturated rings. The molecule has 0 aliphatic carbocycles. The number of anilines is 1. The molecule has 0 heterocycles. The molecule has 100 valence electrons. The van der Waals surface area contributed by atoms with E-state index < -0.39 is 0 Å². The molecular weight excluding hydrogens is 261 g/mol. The van der Waals surface area contributed by atoms with Gasteiger partial charge in [-0.25, -0.2) is 4.39 Å². The first-order chi connectivity index (χ1) is 9.11. The smallest absolute Gasteiger partial charge is 0.123 e. The molecule has 2 aromatic rings. The van der Waals surface area contributed by atoms with Crippen LogP contribution in [0.1, 0.15) is 30.5 Å². The molecule has 0 aliphatic rings. The maximum Gasteiger partial charge on any atom is 0.123 e. The van der Waals surface area contributed by atoms with Crippen LogP contribution >= 0.6 is 11.6 Å². The van der Waals surface area contributed by atoms with E-state index in [-0.39, 0.29) is 11.9 Å². The highest BCUT2D eigenvalue weighted by molar-refractivity contribution is 6.33. The minimum Gasteiger partial charge on any atom is -0.377 e. The Hall–Kier alpha value is -1.54. The van der Waals surface area contributed by atoms with Gasteiger partial charge in [-0.3, -0.25) is 0 Å². The quantitative estimate of drug-likeness (QED) is 0.794. The molecule has 0 aliphatic heterocycles. The molecule has 0 radical (unpaired) electrons. The first kappa shape index (κ1) is 13.9. The predicted molar refractivity (Wildman–Crippen MR) is 79.2 cm³/mol. The fourth-order valence-electron chi connectivity index (χ4n) is 2.13. The van der Waals surface area contributed by atoms with Gasteiger partial charge in [-0.05, 0) is 42.7 Å². The van der Waals surface area contributed by atoms with Crippen molar-refractivity contribution in [2.24, 2.45) is 0 Å². The fraction of sp³-hybridized carbons (Fsp3) is 0.250. The third-order valence-electron chi connectivity index (χ3n) is 3.20.